The highest BCUT2D eigenvalue weighted by atomic mass is 35.5. The van der Waals surface area contributed by atoms with Crippen molar-refractivity contribution in [3.8, 4) is 0 Å². The number of aryl methyl sites for hydroxylation is 3. The molecular formula is C16H17ClFN. The van der Waals surface area contributed by atoms with E-state index in [2.05, 4.69) is 0 Å². The Morgan fingerprint density at radius 1 is 0.947 bits per heavy atom. The first-order valence-electron chi connectivity index (χ1n) is 6.18. The predicted octanol–water partition coefficient (Wildman–Crippen LogP) is 4.45. The van der Waals surface area contributed by atoms with Crippen LogP contribution in [0, 0.1) is 26.6 Å². The van der Waals surface area contributed by atoms with Crippen molar-refractivity contribution in [3.05, 3.63) is 69.0 Å². The lowest BCUT2D eigenvalue weighted by Gasteiger charge is -2.16. The van der Waals surface area contributed by atoms with Crippen LogP contribution in [0.25, 0.3) is 0 Å². The molecule has 100 valence electrons. The maximum absolute atomic E-state index is 13.6. The molecule has 0 bridgehead atoms. The van der Waals surface area contributed by atoms with Crippen molar-refractivity contribution >= 4 is 11.6 Å². The van der Waals surface area contributed by atoms with Gasteiger partial charge in [0, 0.05) is 5.02 Å². The first-order valence-corrected chi connectivity index (χ1v) is 6.56. The monoisotopic (exact) mass is 277 g/mol. The van der Waals surface area contributed by atoms with Gasteiger partial charge >= 0.3 is 0 Å². The predicted molar refractivity (Wildman–Crippen MR) is 78.1 cm³/mol. The normalized spacial score (nSPS) is 12.5. The molecule has 2 N–H and O–H groups in total. The van der Waals surface area contributed by atoms with Crippen molar-refractivity contribution in [2.75, 3.05) is 0 Å². The smallest absolute Gasteiger partial charge is 0.129 e. The highest BCUT2D eigenvalue weighted by Gasteiger charge is 2.13. The Bertz CT molecular complexity index is 599. The standard InChI is InChI=1S/C16H17ClFN/c1-9-6-12(4-5-14(9)17)16(19)13-7-10(2)15(18)11(3)8-13/h4-8,16H,19H2,1-3H3. The van der Waals surface area contributed by atoms with E-state index in [1.807, 2.05) is 25.1 Å². The molecule has 0 spiro atoms. The second-order valence-electron chi connectivity index (χ2n) is 4.95. The minimum atomic E-state index is -0.269. The molecule has 0 aliphatic rings. The first kappa shape index (κ1) is 14.0. The molecule has 0 amide bonds. The minimum absolute atomic E-state index is 0.164. The summed E-state index contributed by atoms with van der Waals surface area (Å²) in [5, 5.41) is 0.724. The Morgan fingerprint density at radius 3 is 2.00 bits per heavy atom. The van der Waals surface area contributed by atoms with E-state index >= 15 is 0 Å². The maximum atomic E-state index is 13.6. The third-order valence-corrected chi connectivity index (χ3v) is 3.78. The molecule has 0 fully saturated rings. The van der Waals surface area contributed by atoms with Crippen molar-refractivity contribution in [2.24, 2.45) is 5.73 Å². The molecule has 0 heterocycles. The highest BCUT2D eigenvalue weighted by molar-refractivity contribution is 6.31. The molecule has 0 aliphatic heterocycles. The molecule has 0 saturated carbocycles. The number of nitrogens with two attached hydrogens (primary N) is 1. The molecule has 2 rings (SSSR count). The molecule has 1 unspecified atom stereocenters. The Hall–Kier alpha value is -1.38. The fourth-order valence-electron chi connectivity index (χ4n) is 2.21. The first-order chi connectivity index (χ1) is 8.90. The van der Waals surface area contributed by atoms with Gasteiger partial charge in [0.05, 0.1) is 6.04 Å². The van der Waals surface area contributed by atoms with Gasteiger partial charge in [0.15, 0.2) is 0 Å². The van der Waals surface area contributed by atoms with E-state index in [4.69, 9.17) is 17.3 Å². The number of hydrogen-bond acceptors (Lipinski definition) is 1. The molecular weight excluding hydrogens is 261 g/mol. The van der Waals surface area contributed by atoms with E-state index < -0.39 is 0 Å². The van der Waals surface area contributed by atoms with Crippen molar-refractivity contribution in [1.82, 2.24) is 0 Å². The zero-order chi connectivity index (χ0) is 14.2. The van der Waals surface area contributed by atoms with Gasteiger partial charge in [-0.1, -0.05) is 35.9 Å². The quantitative estimate of drug-likeness (QED) is 0.862. The third kappa shape index (κ3) is 2.80. The summed E-state index contributed by atoms with van der Waals surface area (Å²) < 4.78 is 13.6. The Morgan fingerprint density at radius 2 is 1.47 bits per heavy atom. The minimum Gasteiger partial charge on any atom is -0.320 e. The van der Waals surface area contributed by atoms with Crippen LogP contribution in [0.15, 0.2) is 30.3 Å². The zero-order valence-corrected chi connectivity index (χ0v) is 12.1. The molecule has 0 aliphatic carbocycles. The van der Waals surface area contributed by atoms with Gasteiger partial charge in [-0.05, 0) is 54.7 Å². The summed E-state index contributed by atoms with van der Waals surface area (Å²) in [4.78, 5) is 0. The Labute approximate surface area is 118 Å². The largest absolute Gasteiger partial charge is 0.320 e. The molecule has 3 heteroatoms. The van der Waals surface area contributed by atoms with E-state index in [0.29, 0.717) is 11.1 Å². The van der Waals surface area contributed by atoms with Crippen LogP contribution in [-0.4, -0.2) is 0 Å². The summed E-state index contributed by atoms with van der Waals surface area (Å²) >= 11 is 6.01. The van der Waals surface area contributed by atoms with Crippen LogP contribution >= 0.6 is 11.6 Å². The second-order valence-corrected chi connectivity index (χ2v) is 5.36. The van der Waals surface area contributed by atoms with E-state index in [0.717, 1.165) is 21.7 Å². The summed E-state index contributed by atoms with van der Waals surface area (Å²) in [7, 11) is 0. The molecule has 2 aromatic carbocycles. The van der Waals surface area contributed by atoms with E-state index in [9.17, 15) is 4.39 Å². The van der Waals surface area contributed by atoms with Crippen molar-refractivity contribution < 1.29 is 4.39 Å². The van der Waals surface area contributed by atoms with Crippen LogP contribution in [0.2, 0.25) is 5.02 Å². The summed E-state index contributed by atoms with van der Waals surface area (Å²) in [6.07, 6.45) is 0. The van der Waals surface area contributed by atoms with Crippen LogP contribution in [0.4, 0.5) is 4.39 Å². The molecule has 0 radical (unpaired) electrons. The van der Waals surface area contributed by atoms with Crippen LogP contribution in [0.5, 0.6) is 0 Å². The van der Waals surface area contributed by atoms with Gasteiger partial charge in [0.25, 0.3) is 0 Å². The van der Waals surface area contributed by atoms with Crippen LogP contribution < -0.4 is 5.73 Å². The topological polar surface area (TPSA) is 26.0 Å². The van der Waals surface area contributed by atoms with E-state index in [-0.39, 0.29) is 11.9 Å². The van der Waals surface area contributed by atoms with Gasteiger partial charge in [-0.2, -0.15) is 0 Å². The van der Waals surface area contributed by atoms with E-state index in [1.165, 1.54) is 0 Å². The third-order valence-electron chi connectivity index (χ3n) is 3.36. The molecule has 1 atom stereocenters. The molecule has 2 aromatic rings. The number of rotatable bonds is 2. The maximum Gasteiger partial charge on any atom is 0.129 e. The summed E-state index contributed by atoms with van der Waals surface area (Å²) in [5.74, 6) is -0.164. The van der Waals surface area contributed by atoms with Gasteiger partial charge in [0.2, 0.25) is 0 Å². The fourth-order valence-corrected chi connectivity index (χ4v) is 2.33. The number of hydrogen-bond donors (Lipinski definition) is 1. The van der Waals surface area contributed by atoms with E-state index in [1.54, 1.807) is 26.0 Å². The summed E-state index contributed by atoms with van der Waals surface area (Å²) in [5.41, 5.74) is 10.4. The summed E-state index contributed by atoms with van der Waals surface area (Å²) in [6.45, 7) is 5.46. The SMILES string of the molecule is Cc1cc(C(N)c2cc(C)c(F)c(C)c2)ccc1Cl. The molecule has 19 heavy (non-hydrogen) atoms. The van der Waals surface area contributed by atoms with Gasteiger partial charge < -0.3 is 5.73 Å². The zero-order valence-electron chi connectivity index (χ0n) is 11.3. The fraction of sp³-hybridized carbons (Fsp3) is 0.250. The van der Waals surface area contributed by atoms with Gasteiger partial charge in [0.1, 0.15) is 5.82 Å². The van der Waals surface area contributed by atoms with Gasteiger partial charge in [-0.15, -0.1) is 0 Å². The van der Waals surface area contributed by atoms with Crippen molar-refractivity contribution in [3.63, 3.8) is 0 Å². The average molecular weight is 278 g/mol. The lowest BCUT2D eigenvalue weighted by atomic mass is 9.95. The molecule has 1 nitrogen and oxygen atoms in total. The molecule has 0 saturated heterocycles. The lowest BCUT2D eigenvalue weighted by molar-refractivity contribution is 0.607. The van der Waals surface area contributed by atoms with Crippen molar-refractivity contribution in [2.45, 2.75) is 26.8 Å². The lowest BCUT2D eigenvalue weighted by Crippen LogP contribution is -2.13. The molecule has 0 aromatic heterocycles. The number of halogens is 2. The number of benzene rings is 2. The highest BCUT2D eigenvalue weighted by Crippen LogP contribution is 2.26. The van der Waals surface area contributed by atoms with Crippen molar-refractivity contribution in [1.29, 1.82) is 0 Å². The Kier molecular flexibility index (Phi) is 3.93. The second kappa shape index (κ2) is 5.32. The van der Waals surface area contributed by atoms with Crippen LogP contribution in [0.3, 0.4) is 0 Å². The summed E-state index contributed by atoms with van der Waals surface area (Å²) in [6, 6.07) is 9.06. The van der Waals surface area contributed by atoms with Crippen LogP contribution in [-0.2, 0) is 0 Å². The van der Waals surface area contributed by atoms with Gasteiger partial charge in [-0.25, -0.2) is 4.39 Å². The van der Waals surface area contributed by atoms with Crippen LogP contribution in [0.1, 0.15) is 33.9 Å². The van der Waals surface area contributed by atoms with Gasteiger partial charge in [-0.3, -0.25) is 0 Å². The average Bonchev–Trinajstić information content (AvgIpc) is 2.37. The Balaban J connectivity index is 2.43.